The Morgan fingerprint density at radius 3 is 2.26 bits per heavy atom. The SMILES string of the molecule is O=C(NCc1ccc(C(F)(F)F)cc1)NC(c1ccccc1)c1ccco1. The van der Waals surface area contributed by atoms with Gasteiger partial charge in [0.1, 0.15) is 11.8 Å². The molecule has 0 bridgehead atoms. The van der Waals surface area contributed by atoms with Crippen LogP contribution in [0.4, 0.5) is 18.0 Å². The highest BCUT2D eigenvalue weighted by molar-refractivity contribution is 5.74. The lowest BCUT2D eigenvalue weighted by Gasteiger charge is -2.18. The average molecular weight is 374 g/mol. The van der Waals surface area contributed by atoms with Gasteiger partial charge >= 0.3 is 12.2 Å². The predicted octanol–water partition coefficient (Wildman–Crippen LogP) is 4.89. The molecule has 1 heterocycles. The first-order chi connectivity index (χ1) is 12.9. The van der Waals surface area contributed by atoms with Gasteiger partial charge in [0.2, 0.25) is 0 Å². The Balaban J connectivity index is 1.63. The number of alkyl halides is 3. The highest BCUT2D eigenvalue weighted by Crippen LogP contribution is 2.29. The van der Waals surface area contributed by atoms with Crippen molar-refractivity contribution in [1.29, 1.82) is 0 Å². The average Bonchev–Trinajstić information content (AvgIpc) is 3.19. The Bertz CT molecular complexity index is 861. The second-order valence-electron chi connectivity index (χ2n) is 5.88. The number of halogens is 3. The predicted molar refractivity (Wildman–Crippen MR) is 93.8 cm³/mol. The maximum absolute atomic E-state index is 12.6. The first-order valence-corrected chi connectivity index (χ1v) is 8.22. The van der Waals surface area contributed by atoms with Crippen molar-refractivity contribution < 1.29 is 22.4 Å². The number of nitrogens with one attached hydrogen (secondary N) is 2. The molecule has 1 aromatic heterocycles. The number of amides is 2. The normalized spacial score (nSPS) is 12.4. The molecule has 1 unspecified atom stereocenters. The van der Waals surface area contributed by atoms with E-state index in [9.17, 15) is 18.0 Å². The van der Waals surface area contributed by atoms with Crippen LogP contribution in [0.15, 0.2) is 77.4 Å². The second-order valence-corrected chi connectivity index (χ2v) is 5.88. The van der Waals surface area contributed by atoms with Crippen molar-refractivity contribution in [3.05, 3.63) is 95.4 Å². The van der Waals surface area contributed by atoms with Crippen LogP contribution >= 0.6 is 0 Å². The number of furan rings is 1. The van der Waals surface area contributed by atoms with Crippen LogP contribution in [-0.2, 0) is 12.7 Å². The van der Waals surface area contributed by atoms with Gasteiger partial charge in [0, 0.05) is 6.54 Å². The van der Waals surface area contributed by atoms with E-state index >= 15 is 0 Å². The van der Waals surface area contributed by atoms with Crippen molar-refractivity contribution in [3.63, 3.8) is 0 Å². The third kappa shape index (κ3) is 4.91. The van der Waals surface area contributed by atoms with Crippen LogP contribution in [0.2, 0.25) is 0 Å². The smallest absolute Gasteiger partial charge is 0.416 e. The zero-order valence-corrected chi connectivity index (χ0v) is 14.2. The molecular formula is C20H17F3N2O2. The molecule has 0 aliphatic rings. The van der Waals surface area contributed by atoms with Crippen molar-refractivity contribution in [3.8, 4) is 0 Å². The van der Waals surface area contributed by atoms with Crippen LogP contribution in [0.1, 0.15) is 28.5 Å². The van der Waals surface area contributed by atoms with E-state index in [1.165, 1.54) is 18.4 Å². The van der Waals surface area contributed by atoms with Crippen LogP contribution in [0.25, 0.3) is 0 Å². The molecule has 0 aliphatic heterocycles. The van der Waals surface area contributed by atoms with E-state index in [0.717, 1.165) is 17.7 Å². The third-order valence-corrected chi connectivity index (χ3v) is 3.97. The zero-order chi connectivity index (χ0) is 19.3. The van der Waals surface area contributed by atoms with Crippen molar-refractivity contribution in [2.24, 2.45) is 0 Å². The standard InChI is InChI=1S/C20H17F3N2O2/c21-20(22,23)16-10-8-14(9-11-16)13-24-19(26)25-18(17-7-4-12-27-17)15-5-2-1-3-6-15/h1-12,18H,13H2,(H2,24,25,26). The molecule has 0 saturated carbocycles. The van der Waals surface area contributed by atoms with E-state index in [0.29, 0.717) is 11.3 Å². The maximum atomic E-state index is 12.6. The Labute approximate surface area is 154 Å². The van der Waals surface area contributed by atoms with Gasteiger partial charge in [-0.15, -0.1) is 0 Å². The lowest BCUT2D eigenvalue weighted by Crippen LogP contribution is -2.37. The number of urea groups is 1. The lowest BCUT2D eigenvalue weighted by molar-refractivity contribution is -0.137. The minimum atomic E-state index is -4.38. The largest absolute Gasteiger partial charge is 0.467 e. The van der Waals surface area contributed by atoms with Crippen molar-refractivity contribution in [1.82, 2.24) is 10.6 Å². The zero-order valence-electron chi connectivity index (χ0n) is 14.2. The van der Waals surface area contributed by atoms with Gasteiger partial charge in [0.05, 0.1) is 11.8 Å². The van der Waals surface area contributed by atoms with Crippen molar-refractivity contribution in [2.75, 3.05) is 0 Å². The molecular weight excluding hydrogens is 357 g/mol. The van der Waals surface area contributed by atoms with Gasteiger partial charge < -0.3 is 15.1 Å². The van der Waals surface area contributed by atoms with E-state index in [1.54, 1.807) is 12.1 Å². The Hall–Kier alpha value is -3.22. The number of hydrogen-bond acceptors (Lipinski definition) is 2. The van der Waals surface area contributed by atoms with Gasteiger partial charge in [-0.3, -0.25) is 0 Å². The minimum Gasteiger partial charge on any atom is -0.467 e. The molecule has 3 rings (SSSR count). The number of carbonyl (C=O) groups excluding carboxylic acids is 1. The van der Waals surface area contributed by atoms with Gasteiger partial charge in [-0.05, 0) is 35.4 Å². The van der Waals surface area contributed by atoms with Crippen LogP contribution in [0.3, 0.4) is 0 Å². The molecule has 140 valence electrons. The molecule has 2 aromatic carbocycles. The summed E-state index contributed by atoms with van der Waals surface area (Å²) in [6, 6.07) is 16.5. The van der Waals surface area contributed by atoms with Crippen LogP contribution in [-0.4, -0.2) is 6.03 Å². The molecule has 27 heavy (non-hydrogen) atoms. The topological polar surface area (TPSA) is 54.3 Å². The molecule has 4 nitrogen and oxygen atoms in total. The van der Waals surface area contributed by atoms with Gasteiger partial charge in [-0.2, -0.15) is 13.2 Å². The summed E-state index contributed by atoms with van der Waals surface area (Å²) in [7, 11) is 0. The Morgan fingerprint density at radius 2 is 1.67 bits per heavy atom. The molecule has 0 fully saturated rings. The number of hydrogen-bond donors (Lipinski definition) is 2. The summed E-state index contributed by atoms with van der Waals surface area (Å²) in [5.41, 5.74) is 0.683. The number of benzene rings is 2. The minimum absolute atomic E-state index is 0.101. The van der Waals surface area contributed by atoms with Crippen molar-refractivity contribution >= 4 is 6.03 Å². The highest BCUT2D eigenvalue weighted by atomic mass is 19.4. The molecule has 0 radical (unpaired) electrons. The van der Waals surface area contributed by atoms with E-state index in [4.69, 9.17) is 4.42 Å². The summed E-state index contributed by atoms with van der Waals surface area (Å²) in [5.74, 6) is 0.575. The fourth-order valence-electron chi connectivity index (χ4n) is 2.60. The molecule has 2 amide bonds. The van der Waals surface area contributed by atoms with Crippen LogP contribution < -0.4 is 10.6 Å². The fraction of sp³-hybridized carbons (Fsp3) is 0.150. The van der Waals surface area contributed by atoms with E-state index in [1.807, 2.05) is 30.3 Å². The summed E-state index contributed by atoms with van der Waals surface area (Å²) in [4.78, 5) is 12.3. The van der Waals surface area contributed by atoms with Gasteiger partial charge in [-0.25, -0.2) is 4.79 Å². The summed E-state index contributed by atoms with van der Waals surface area (Å²) in [5, 5.41) is 5.46. The molecule has 0 spiro atoms. The Morgan fingerprint density at radius 1 is 0.963 bits per heavy atom. The fourth-order valence-corrected chi connectivity index (χ4v) is 2.60. The molecule has 1 atom stereocenters. The third-order valence-electron chi connectivity index (χ3n) is 3.97. The quantitative estimate of drug-likeness (QED) is 0.668. The summed E-state index contributed by atoms with van der Waals surface area (Å²) in [6.07, 6.45) is -2.86. The second kappa shape index (κ2) is 7.99. The molecule has 2 N–H and O–H groups in total. The highest BCUT2D eigenvalue weighted by Gasteiger charge is 2.29. The van der Waals surface area contributed by atoms with E-state index in [-0.39, 0.29) is 6.54 Å². The molecule has 0 saturated heterocycles. The lowest BCUT2D eigenvalue weighted by atomic mass is 10.0. The number of carbonyl (C=O) groups is 1. The summed E-state index contributed by atoms with van der Waals surface area (Å²) < 4.78 is 43.2. The Kier molecular flexibility index (Phi) is 5.49. The summed E-state index contributed by atoms with van der Waals surface area (Å²) >= 11 is 0. The van der Waals surface area contributed by atoms with Gasteiger partial charge in [0.25, 0.3) is 0 Å². The van der Waals surface area contributed by atoms with Crippen LogP contribution in [0.5, 0.6) is 0 Å². The van der Waals surface area contributed by atoms with Gasteiger partial charge in [0.15, 0.2) is 0 Å². The van der Waals surface area contributed by atoms with Gasteiger partial charge in [-0.1, -0.05) is 42.5 Å². The van der Waals surface area contributed by atoms with E-state index < -0.39 is 23.8 Å². The maximum Gasteiger partial charge on any atom is 0.416 e. The first kappa shape index (κ1) is 18.6. The summed E-state index contributed by atoms with van der Waals surface area (Å²) in [6.45, 7) is 0.101. The van der Waals surface area contributed by atoms with E-state index in [2.05, 4.69) is 10.6 Å². The molecule has 0 aliphatic carbocycles. The molecule has 3 aromatic rings. The number of rotatable bonds is 5. The monoisotopic (exact) mass is 374 g/mol. The van der Waals surface area contributed by atoms with Crippen LogP contribution in [0, 0.1) is 0 Å². The van der Waals surface area contributed by atoms with Crippen molar-refractivity contribution in [2.45, 2.75) is 18.8 Å². The first-order valence-electron chi connectivity index (χ1n) is 8.22. The molecule has 7 heteroatoms.